The van der Waals surface area contributed by atoms with Crippen LogP contribution in [-0.4, -0.2) is 16.8 Å². The SMILES string of the molecule is CCCC(O)c1ccc(-c2ccc(C3CCC(COc4ccc(O)c(F)c4)CC3)c(F)c2F)cc1. The predicted molar refractivity (Wildman–Crippen MR) is 130 cm³/mol. The third-order valence-electron chi connectivity index (χ3n) is 6.97. The van der Waals surface area contributed by atoms with E-state index in [0.717, 1.165) is 43.7 Å². The highest BCUT2D eigenvalue weighted by molar-refractivity contribution is 5.65. The van der Waals surface area contributed by atoms with E-state index in [4.69, 9.17) is 4.74 Å². The Kier molecular flexibility index (Phi) is 8.01. The molecule has 0 heterocycles. The lowest BCUT2D eigenvalue weighted by molar-refractivity contribution is 0.166. The van der Waals surface area contributed by atoms with Crippen molar-refractivity contribution in [1.29, 1.82) is 0 Å². The van der Waals surface area contributed by atoms with E-state index >= 15 is 8.78 Å². The zero-order valence-electron chi connectivity index (χ0n) is 19.8. The standard InChI is InChI=1S/C29H31F3O3/c1-2-3-26(33)21-10-8-20(9-11-21)24-14-13-23(28(31)29(24)32)19-6-4-18(5-7-19)17-35-22-12-15-27(34)25(30)16-22/h8-16,18-19,26,33-34H,2-7,17H2,1H3. The van der Waals surface area contributed by atoms with Gasteiger partial charge in [-0.3, -0.25) is 0 Å². The summed E-state index contributed by atoms with van der Waals surface area (Å²) < 4.78 is 49.2. The molecule has 0 spiro atoms. The van der Waals surface area contributed by atoms with E-state index in [0.29, 0.717) is 29.9 Å². The van der Waals surface area contributed by atoms with Gasteiger partial charge in [0.05, 0.1) is 12.7 Å². The average molecular weight is 485 g/mol. The number of phenols is 1. The van der Waals surface area contributed by atoms with Gasteiger partial charge in [0.2, 0.25) is 0 Å². The highest BCUT2D eigenvalue weighted by atomic mass is 19.2. The zero-order valence-corrected chi connectivity index (χ0v) is 19.8. The lowest BCUT2D eigenvalue weighted by Gasteiger charge is -2.29. The lowest BCUT2D eigenvalue weighted by Crippen LogP contribution is -2.20. The van der Waals surface area contributed by atoms with Crippen LogP contribution in [-0.2, 0) is 0 Å². The van der Waals surface area contributed by atoms with Crippen molar-refractivity contribution in [3.8, 4) is 22.6 Å². The Labute approximate surface area is 204 Å². The molecule has 1 aliphatic carbocycles. The third-order valence-corrected chi connectivity index (χ3v) is 6.97. The Bertz CT molecular complexity index is 1140. The molecule has 0 aliphatic heterocycles. The molecule has 35 heavy (non-hydrogen) atoms. The molecule has 0 radical (unpaired) electrons. The minimum Gasteiger partial charge on any atom is -0.505 e. The number of rotatable bonds is 8. The number of ether oxygens (including phenoxy) is 1. The Morgan fingerprint density at radius 3 is 2.29 bits per heavy atom. The average Bonchev–Trinajstić information content (AvgIpc) is 2.87. The number of aliphatic hydroxyl groups excluding tert-OH is 1. The molecule has 2 N–H and O–H groups in total. The van der Waals surface area contributed by atoms with Crippen molar-refractivity contribution in [2.45, 2.75) is 57.5 Å². The molecule has 3 aromatic carbocycles. The summed E-state index contributed by atoms with van der Waals surface area (Å²) in [4.78, 5) is 0. The van der Waals surface area contributed by atoms with Crippen LogP contribution in [0, 0.1) is 23.4 Å². The molecule has 186 valence electrons. The first-order valence-corrected chi connectivity index (χ1v) is 12.2. The fourth-order valence-corrected chi connectivity index (χ4v) is 4.86. The van der Waals surface area contributed by atoms with E-state index in [9.17, 15) is 14.6 Å². The molecule has 3 aromatic rings. The van der Waals surface area contributed by atoms with E-state index in [2.05, 4.69) is 0 Å². The van der Waals surface area contributed by atoms with E-state index < -0.39 is 29.3 Å². The molecule has 6 heteroatoms. The minimum absolute atomic E-state index is 0.0625. The molecular formula is C29H31F3O3. The molecule has 4 rings (SSSR count). The van der Waals surface area contributed by atoms with Crippen molar-refractivity contribution in [2.24, 2.45) is 5.92 Å². The molecule has 0 bridgehead atoms. The van der Waals surface area contributed by atoms with Gasteiger partial charge in [-0.2, -0.15) is 0 Å². The number of halogens is 3. The predicted octanol–water partition coefficient (Wildman–Crippen LogP) is 7.66. The second-order valence-corrected chi connectivity index (χ2v) is 9.40. The lowest BCUT2D eigenvalue weighted by atomic mass is 9.78. The number of aromatic hydroxyl groups is 1. The molecule has 1 saturated carbocycles. The van der Waals surface area contributed by atoms with Crippen molar-refractivity contribution in [2.75, 3.05) is 6.61 Å². The van der Waals surface area contributed by atoms with Gasteiger partial charge in [-0.15, -0.1) is 0 Å². The first-order chi connectivity index (χ1) is 16.9. The van der Waals surface area contributed by atoms with Crippen molar-refractivity contribution in [3.63, 3.8) is 0 Å². The second-order valence-electron chi connectivity index (χ2n) is 9.40. The van der Waals surface area contributed by atoms with Gasteiger partial charge in [-0.05, 0) is 72.8 Å². The van der Waals surface area contributed by atoms with E-state index in [-0.39, 0.29) is 17.4 Å². The molecule has 1 unspecified atom stereocenters. The molecule has 1 fully saturated rings. The summed E-state index contributed by atoms with van der Waals surface area (Å²) in [5, 5.41) is 19.4. The number of hydrogen-bond donors (Lipinski definition) is 2. The van der Waals surface area contributed by atoms with Crippen LogP contribution in [0.1, 0.15) is 68.6 Å². The van der Waals surface area contributed by atoms with Crippen LogP contribution < -0.4 is 4.74 Å². The summed E-state index contributed by atoms with van der Waals surface area (Å²) in [6.07, 6.45) is 4.00. The molecule has 1 aliphatic rings. The number of benzene rings is 3. The van der Waals surface area contributed by atoms with Crippen LogP contribution in [0.25, 0.3) is 11.1 Å². The minimum atomic E-state index is -0.843. The van der Waals surface area contributed by atoms with Crippen LogP contribution >= 0.6 is 0 Å². The molecule has 0 saturated heterocycles. The largest absolute Gasteiger partial charge is 0.505 e. The molecule has 0 amide bonds. The van der Waals surface area contributed by atoms with Crippen molar-refractivity contribution >= 4 is 0 Å². The summed E-state index contributed by atoms with van der Waals surface area (Å²) in [6, 6.07) is 14.2. The molecule has 1 atom stereocenters. The zero-order chi connectivity index (χ0) is 24.9. The smallest absolute Gasteiger partial charge is 0.168 e. The van der Waals surface area contributed by atoms with Gasteiger partial charge in [-0.1, -0.05) is 49.7 Å². The highest BCUT2D eigenvalue weighted by Crippen LogP contribution is 2.39. The first-order valence-electron chi connectivity index (χ1n) is 12.2. The van der Waals surface area contributed by atoms with Crippen LogP contribution in [0.15, 0.2) is 54.6 Å². The monoisotopic (exact) mass is 484 g/mol. The Morgan fingerprint density at radius 2 is 1.63 bits per heavy atom. The molecule has 0 aromatic heterocycles. The number of phenolic OH excluding ortho intramolecular Hbond substituents is 1. The highest BCUT2D eigenvalue weighted by Gasteiger charge is 2.27. The number of hydrogen-bond acceptors (Lipinski definition) is 3. The van der Waals surface area contributed by atoms with Gasteiger partial charge < -0.3 is 14.9 Å². The maximum atomic E-state index is 15.1. The van der Waals surface area contributed by atoms with Gasteiger partial charge in [0.15, 0.2) is 23.2 Å². The Balaban J connectivity index is 1.38. The molecule has 3 nitrogen and oxygen atoms in total. The summed E-state index contributed by atoms with van der Waals surface area (Å²) in [5.41, 5.74) is 1.96. The number of aliphatic hydroxyl groups is 1. The van der Waals surface area contributed by atoms with Crippen LogP contribution in [0.5, 0.6) is 11.5 Å². The normalized spacial score (nSPS) is 18.9. The van der Waals surface area contributed by atoms with Gasteiger partial charge in [-0.25, -0.2) is 13.2 Å². The Morgan fingerprint density at radius 1 is 0.914 bits per heavy atom. The van der Waals surface area contributed by atoms with Gasteiger partial charge in [0.25, 0.3) is 0 Å². The summed E-state index contributed by atoms with van der Waals surface area (Å²) in [6.45, 7) is 2.41. The maximum absolute atomic E-state index is 15.1. The Hall–Kier alpha value is -2.99. The molecular weight excluding hydrogens is 453 g/mol. The van der Waals surface area contributed by atoms with E-state index in [1.807, 2.05) is 6.92 Å². The fraction of sp³-hybridized carbons (Fsp3) is 0.379. The van der Waals surface area contributed by atoms with Gasteiger partial charge in [0.1, 0.15) is 5.75 Å². The van der Waals surface area contributed by atoms with Crippen molar-refractivity contribution in [1.82, 2.24) is 0 Å². The van der Waals surface area contributed by atoms with Crippen LogP contribution in [0.3, 0.4) is 0 Å². The third kappa shape index (κ3) is 5.81. The summed E-state index contributed by atoms with van der Waals surface area (Å²) >= 11 is 0. The quantitative estimate of drug-likeness (QED) is 0.345. The summed E-state index contributed by atoms with van der Waals surface area (Å²) in [7, 11) is 0. The second kappa shape index (κ2) is 11.2. The van der Waals surface area contributed by atoms with Crippen LogP contribution in [0.4, 0.5) is 13.2 Å². The summed E-state index contributed by atoms with van der Waals surface area (Å²) in [5.74, 6) is -2.23. The van der Waals surface area contributed by atoms with Gasteiger partial charge >= 0.3 is 0 Å². The van der Waals surface area contributed by atoms with Crippen molar-refractivity contribution < 1.29 is 28.1 Å². The van der Waals surface area contributed by atoms with E-state index in [1.165, 1.54) is 12.1 Å². The fourth-order valence-electron chi connectivity index (χ4n) is 4.86. The maximum Gasteiger partial charge on any atom is 0.168 e. The van der Waals surface area contributed by atoms with Crippen LogP contribution in [0.2, 0.25) is 0 Å². The van der Waals surface area contributed by atoms with Gasteiger partial charge in [0, 0.05) is 11.6 Å². The van der Waals surface area contributed by atoms with E-state index in [1.54, 1.807) is 36.4 Å². The first kappa shape index (κ1) is 25.1. The topological polar surface area (TPSA) is 49.7 Å². The van der Waals surface area contributed by atoms with Crippen molar-refractivity contribution in [3.05, 3.63) is 83.2 Å².